The average molecular weight is 489 g/mol. The van der Waals surface area contributed by atoms with Gasteiger partial charge in [0.15, 0.2) is 5.16 Å². The second kappa shape index (κ2) is 11.1. The fourth-order valence-electron chi connectivity index (χ4n) is 3.60. The molecule has 0 bridgehead atoms. The van der Waals surface area contributed by atoms with Gasteiger partial charge in [0, 0.05) is 17.3 Å². The van der Waals surface area contributed by atoms with Gasteiger partial charge in [-0.1, -0.05) is 24.8 Å². The Morgan fingerprint density at radius 2 is 1.63 bits per heavy atom. The lowest BCUT2D eigenvalue weighted by molar-refractivity contribution is -0.115. The van der Waals surface area contributed by atoms with Gasteiger partial charge in [0.05, 0.1) is 30.9 Å². The number of aromatic nitrogens is 3. The molecule has 2 heterocycles. The number of aromatic amines is 1. The molecule has 1 atom stereocenters. The summed E-state index contributed by atoms with van der Waals surface area (Å²) in [6.45, 7) is 3.91. The number of H-pyrrole nitrogens is 1. The minimum absolute atomic E-state index is 0.104. The number of aryl methyl sites for hydroxylation is 1. The van der Waals surface area contributed by atoms with Crippen molar-refractivity contribution < 1.29 is 14.3 Å². The highest BCUT2D eigenvalue weighted by Gasteiger charge is 2.23. The molecule has 4 rings (SSSR count). The first kappa shape index (κ1) is 24.3. The topological polar surface area (TPSA) is 89.1 Å². The number of nitrogens with one attached hydrogen (secondary N) is 2. The molecule has 0 radical (unpaired) electrons. The number of thioether (sulfide) groups is 1. The molecule has 7 nitrogen and oxygen atoms in total. The van der Waals surface area contributed by atoms with Crippen molar-refractivity contribution in [3.8, 4) is 34.0 Å². The van der Waals surface area contributed by atoms with E-state index >= 15 is 0 Å². The lowest BCUT2D eigenvalue weighted by Crippen LogP contribution is -2.25. The Balaban J connectivity index is 1.65. The van der Waals surface area contributed by atoms with Gasteiger partial charge in [0.2, 0.25) is 5.91 Å². The van der Waals surface area contributed by atoms with Crippen LogP contribution in [-0.4, -0.2) is 40.3 Å². The molecule has 8 heteroatoms. The predicted octanol–water partition coefficient (Wildman–Crippen LogP) is 5.97. The van der Waals surface area contributed by atoms with Crippen molar-refractivity contribution in [1.82, 2.24) is 15.0 Å². The predicted molar refractivity (Wildman–Crippen MR) is 140 cm³/mol. The maximum atomic E-state index is 13.0. The summed E-state index contributed by atoms with van der Waals surface area (Å²) >= 11 is 1.41. The van der Waals surface area contributed by atoms with E-state index in [4.69, 9.17) is 14.5 Å². The van der Waals surface area contributed by atoms with Crippen LogP contribution in [0.2, 0.25) is 0 Å². The number of hydrogen-bond acceptors (Lipinski definition) is 6. The minimum atomic E-state index is -0.338. The van der Waals surface area contributed by atoms with Crippen molar-refractivity contribution >= 4 is 23.5 Å². The van der Waals surface area contributed by atoms with Crippen LogP contribution in [0.4, 0.5) is 5.82 Å². The van der Waals surface area contributed by atoms with E-state index in [1.54, 1.807) is 20.4 Å². The van der Waals surface area contributed by atoms with Gasteiger partial charge in [-0.15, -0.1) is 0 Å². The highest BCUT2D eigenvalue weighted by Crippen LogP contribution is 2.36. The van der Waals surface area contributed by atoms with Crippen LogP contribution in [-0.2, 0) is 4.79 Å². The van der Waals surface area contributed by atoms with Crippen LogP contribution in [0.15, 0.2) is 72.0 Å². The van der Waals surface area contributed by atoms with Crippen molar-refractivity contribution in [3.05, 3.63) is 72.4 Å². The van der Waals surface area contributed by atoms with Gasteiger partial charge in [0.25, 0.3) is 0 Å². The summed E-state index contributed by atoms with van der Waals surface area (Å²) in [6.07, 6.45) is 2.31. The van der Waals surface area contributed by atoms with Gasteiger partial charge < -0.3 is 19.8 Å². The van der Waals surface area contributed by atoms with Crippen LogP contribution in [0.25, 0.3) is 22.5 Å². The fraction of sp³-hybridized carbons (Fsp3) is 0.222. The summed E-state index contributed by atoms with van der Waals surface area (Å²) < 4.78 is 10.6. The summed E-state index contributed by atoms with van der Waals surface area (Å²) in [5, 5.41) is 3.28. The van der Waals surface area contributed by atoms with Gasteiger partial charge >= 0.3 is 0 Å². The molecule has 1 unspecified atom stereocenters. The van der Waals surface area contributed by atoms with E-state index in [0.29, 0.717) is 17.4 Å². The number of benzene rings is 2. The Kier molecular flexibility index (Phi) is 7.72. The van der Waals surface area contributed by atoms with Gasteiger partial charge in [-0.25, -0.2) is 9.97 Å². The van der Waals surface area contributed by atoms with Gasteiger partial charge in [-0.2, -0.15) is 0 Å². The van der Waals surface area contributed by atoms with Crippen LogP contribution in [0.3, 0.4) is 0 Å². The van der Waals surface area contributed by atoms with E-state index in [1.165, 1.54) is 11.8 Å². The second-order valence-corrected chi connectivity index (χ2v) is 9.09. The first-order valence-corrected chi connectivity index (χ1v) is 12.2. The summed E-state index contributed by atoms with van der Waals surface area (Å²) in [5.74, 6) is 2.03. The maximum Gasteiger partial charge on any atom is 0.239 e. The lowest BCUT2D eigenvalue weighted by Gasteiger charge is -2.13. The molecular formula is C27H28N4O3S. The molecule has 0 fully saturated rings. The highest BCUT2D eigenvalue weighted by atomic mass is 32.2. The van der Waals surface area contributed by atoms with Crippen LogP contribution in [0.1, 0.15) is 18.9 Å². The monoisotopic (exact) mass is 488 g/mol. The summed E-state index contributed by atoms with van der Waals surface area (Å²) in [5.41, 5.74) is 4.51. The van der Waals surface area contributed by atoms with E-state index in [2.05, 4.69) is 15.3 Å². The molecule has 0 aliphatic heterocycles. The number of hydrogen-bond donors (Lipinski definition) is 2. The van der Waals surface area contributed by atoms with Gasteiger partial charge in [0.1, 0.15) is 17.3 Å². The zero-order valence-electron chi connectivity index (χ0n) is 20.2. The number of imidazole rings is 1. The largest absolute Gasteiger partial charge is 0.497 e. The molecule has 180 valence electrons. The van der Waals surface area contributed by atoms with Gasteiger partial charge in [-0.05, 0) is 73.5 Å². The van der Waals surface area contributed by atoms with E-state index in [-0.39, 0.29) is 11.2 Å². The van der Waals surface area contributed by atoms with Gasteiger partial charge in [-0.3, -0.25) is 4.79 Å². The zero-order chi connectivity index (χ0) is 24.8. The van der Waals surface area contributed by atoms with Crippen LogP contribution in [0.5, 0.6) is 11.5 Å². The molecule has 2 N–H and O–H groups in total. The maximum absolute atomic E-state index is 13.0. The molecule has 0 saturated heterocycles. The molecule has 1 amide bonds. The number of carbonyl (C=O) groups is 1. The fourth-order valence-corrected chi connectivity index (χ4v) is 4.51. The van der Waals surface area contributed by atoms with Crippen molar-refractivity contribution in [2.24, 2.45) is 0 Å². The first-order valence-electron chi connectivity index (χ1n) is 11.3. The molecule has 2 aromatic heterocycles. The Morgan fingerprint density at radius 1 is 1.00 bits per heavy atom. The quantitative estimate of drug-likeness (QED) is 0.282. The zero-order valence-corrected chi connectivity index (χ0v) is 21.0. The van der Waals surface area contributed by atoms with Crippen LogP contribution < -0.4 is 14.8 Å². The Bertz CT molecular complexity index is 1220. The van der Waals surface area contributed by atoms with Crippen molar-refractivity contribution in [3.63, 3.8) is 0 Å². The number of amides is 1. The van der Waals surface area contributed by atoms with Crippen LogP contribution in [0, 0.1) is 6.92 Å². The van der Waals surface area contributed by atoms with Crippen molar-refractivity contribution in [1.29, 1.82) is 0 Å². The Hall–Kier alpha value is -3.78. The summed E-state index contributed by atoms with van der Waals surface area (Å²) in [6, 6.07) is 19.3. The summed E-state index contributed by atoms with van der Waals surface area (Å²) in [7, 11) is 3.29. The third-order valence-electron chi connectivity index (χ3n) is 5.59. The van der Waals surface area contributed by atoms with E-state index < -0.39 is 0 Å². The smallest absolute Gasteiger partial charge is 0.239 e. The third kappa shape index (κ3) is 5.66. The number of pyridine rings is 1. The number of rotatable bonds is 9. The number of methoxy groups -OCH3 is 2. The van der Waals surface area contributed by atoms with Crippen molar-refractivity contribution in [2.75, 3.05) is 19.5 Å². The third-order valence-corrected chi connectivity index (χ3v) is 6.84. The lowest BCUT2D eigenvalue weighted by atomic mass is 10.0. The number of anilines is 1. The molecular weight excluding hydrogens is 460 g/mol. The molecule has 0 aliphatic carbocycles. The normalized spacial score (nSPS) is 11.7. The standard InChI is InChI=1S/C27H28N4O3S/c1-5-22(26(32)31-25-17(2)7-6-16-28-25)35-27-29-23(18-8-12-20(33-3)13-9-18)24(30-27)19-10-14-21(34-4)15-11-19/h6-16,22H,5H2,1-4H3,(H,29,30)(H,28,31,32). The highest BCUT2D eigenvalue weighted by molar-refractivity contribution is 8.00. The molecule has 35 heavy (non-hydrogen) atoms. The molecule has 0 saturated carbocycles. The van der Waals surface area contributed by atoms with Crippen molar-refractivity contribution in [2.45, 2.75) is 30.7 Å². The number of carbonyl (C=O) groups excluding carboxylic acids is 1. The Labute approximate surface area is 209 Å². The molecule has 0 spiro atoms. The SMILES string of the molecule is CCC(Sc1nc(-c2ccc(OC)cc2)c(-c2ccc(OC)cc2)[nH]1)C(=O)Nc1ncccc1C. The minimum Gasteiger partial charge on any atom is -0.497 e. The summed E-state index contributed by atoms with van der Waals surface area (Å²) in [4.78, 5) is 25.6. The second-order valence-electron chi connectivity index (χ2n) is 7.90. The van der Waals surface area contributed by atoms with Crippen LogP contribution >= 0.6 is 11.8 Å². The first-order chi connectivity index (χ1) is 17.0. The molecule has 2 aromatic carbocycles. The Morgan fingerprint density at radius 3 is 2.20 bits per heavy atom. The van der Waals surface area contributed by atoms with E-state index in [0.717, 1.165) is 39.6 Å². The van der Waals surface area contributed by atoms with E-state index in [9.17, 15) is 4.79 Å². The number of nitrogens with zero attached hydrogens (tertiary/aromatic N) is 2. The number of ether oxygens (including phenoxy) is 2. The molecule has 0 aliphatic rings. The van der Waals surface area contributed by atoms with E-state index in [1.807, 2.05) is 74.5 Å². The average Bonchev–Trinajstić information content (AvgIpc) is 3.32. The molecule has 4 aromatic rings.